The highest BCUT2D eigenvalue weighted by Gasteiger charge is 2.26. The molecule has 1 aromatic carbocycles. The summed E-state index contributed by atoms with van der Waals surface area (Å²) in [6, 6.07) is 6.26. The van der Waals surface area contributed by atoms with E-state index in [-0.39, 0.29) is 11.8 Å². The molecule has 0 aliphatic carbocycles. The molecule has 1 amide bonds. The van der Waals surface area contributed by atoms with Gasteiger partial charge in [0, 0.05) is 25.6 Å². The quantitative estimate of drug-likeness (QED) is 0.886. The SMILES string of the molecule is Cc1ccc2nc(N3CCC(C(=O)NCCC(C)C)CC3)[nH]c2c1. The van der Waals surface area contributed by atoms with Crippen LogP contribution in [-0.4, -0.2) is 35.5 Å². The van der Waals surface area contributed by atoms with E-state index in [0.29, 0.717) is 5.92 Å². The molecule has 2 N–H and O–H groups in total. The molecule has 1 aliphatic rings. The molecule has 24 heavy (non-hydrogen) atoms. The summed E-state index contributed by atoms with van der Waals surface area (Å²) < 4.78 is 0. The van der Waals surface area contributed by atoms with Crippen LogP contribution in [0.1, 0.15) is 38.7 Å². The van der Waals surface area contributed by atoms with Crippen LogP contribution in [0.15, 0.2) is 18.2 Å². The number of piperidine rings is 1. The molecular formula is C19H28N4O. The van der Waals surface area contributed by atoms with E-state index in [9.17, 15) is 4.79 Å². The monoisotopic (exact) mass is 328 g/mol. The maximum atomic E-state index is 12.2. The molecule has 3 rings (SSSR count). The molecule has 0 radical (unpaired) electrons. The van der Waals surface area contributed by atoms with Gasteiger partial charge in [-0.25, -0.2) is 4.98 Å². The standard InChI is InChI=1S/C19H28N4O/c1-13(2)6-9-20-18(24)15-7-10-23(11-8-15)19-21-16-5-4-14(3)12-17(16)22-19/h4-5,12-13,15H,6-11H2,1-3H3,(H,20,24)(H,21,22). The molecule has 0 saturated carbocycles. The van der Waals surface area contributed by atoms with Crippen molar-refractivity contribution in [3.63, 3.8) is 0 Å². The third-order valence-corrected chi connectivity index (χ3v) is 4.81. The Balaban J connectivity index is 1.55. The van der Waals surface area contributed by atoms with E-state index in [1.165, 1.54) is 5.56 Å². The zero-order valence-electron chi connectivity index (χ0n) is 14.9. The number of fused-ring (bicyclic) bond motifs is 1. The first kappa shape index (κ1) is 16.8. The van der Waals surface area contributed by atoms with Crippen LogP contribution < -0.4 is 10.2 Å². The number of hydrogen-bond donors (Lipinski definition) is 2. The topological polar surface area (TPSA) is 61.0 Å². The van der Waals surface area contributed by atoms with Crippen molar-refractivity contribution in [2.75, 3.05) is 24.5 Å². The fourth-order valence-corrected chi connectivity index (χ4v) is 3.24. The van der Waals surface area contributed by atoms with Gasteiger partial charge in [0.15, 0.2) is 0 Å². The molecule has 0 atom stereocenters. The van der Waals surface area contributed by atoms with Crippen LogP contribution in [0.3, 0.4) is 0 Å². The van der Waals surface area contributed by atoms with Crippen molar-refractivity contribution < 1.29 is 4.79 Å². The predicted octanol–water partition coefficient (Wildman–Crippen LogP) is 3.25. The lowest BCUT2D eigenvalue weighted by Crippen LogP contribution is -2.41. The van der Waals surface area contributed by atoms with Crippen molar-refractivity contribution in [2.24, 2.45) is 11.8 Å². The molecule has 0 bridgehead atoms. The number of H-pyrrole nitrogens is 1. The Bertz CT molecular complexity index is 698. The van der Waals surface area contributed by atoms with E-state index < -0.39 is 0 Å². The summed E-state index contributed by atoms with van der Waals surface area (Å²) in [4.78, 5) is 22.6. The second-order valence-corrected chi connectivity index (χ2v) is 7.32. The first-order valence-electron chi connectivity index (χ1n) is 9.02. The normalized spacial score (nSPS) is 16.1. The first-order chi connectivity index (χ1) is 11.5. The minimum Gasteiger partial charge on any atom is -0.356 e. The summed E-state index contributed by atoms with van der Waals surface area (Å²) in [5.74, 6) is 1.91. The van der Waals surface area contributed by atoms with Crippen LogP contribution in [-0.2, 0) is 4.79 Å². The fourth-order valence-electron chi connectivity index (χ4n) is 3.24. The van der Waals surface area contributed by atoms with Gasteiger partial charge in [0.2, 0.25) is 11.9 Å². The maximum absolute atomic E-state index is 12.2. The Morgan fingerprint density at radius 3 is 2.83 bits per heavy atom. The number of nitrogens with one attached hydrogen (secondary N) is 2. The second kappa shape index (κ2) is 7.24. The lowest BCUT2D eigenvalue weighted by molar-refractivity contribution is -0.125. The number of imidazole rings is 1. The van der Waals surface area contributed by atoms with Crippen molar-refractivity contribution in [3.8, 4) is 0 Å². The van der Waals surface area contributed by atoms with Crippen LogP contribution >= 0.6 is 0 Å². The van der Waals surface area contributed by atoms with Crippen LogP contribution in [0, 0.1) is 18.8 Å². The number of anilines is 1. The molecule has 2 aromatic rings. The van der Waals surface area contributed by atoms with Crippen LogP contribution in [0.2, 0.25) is 0 Å². The summed E-state index contributed by atoms with van der Waals surface area (Å²) >= 11 is 0. The highest BCUT2D eigenvalue weighted by molar-refractivity contribution is 5.80. The Hall–Kier alpha value is -2.04. The molecule has 1 aromatic heterocycles. The summed E-state index contributed by atoms with van der Waals surface area (Å²) in [7, 11) is 0. The van der Waals surface area contributed by atoms with Gasteiger partial charge in [-0.15, -0.1) is 0 Å². The number of benzene rings is 1. The number of carbonyl (C=O) groups is 1. The number of nitrogens with zero attached hydrogens (tertiary/aromatic N) is 2. The highest BCUT2D eigenvalue weighted by atomic mass is 16.1. The molecule has 130 valence electrons. The summed E-state index contributed by atoms with van der Waals surface area (Å²) in [5, 5.41) is 3.09. The zero-order chi connectivity index (χ0) is 17.1. The van der Waals surface area contributed by atoms with E-state index in [1.54, 1.807) is 0 Å². The van der Waals surface area contributed by atoms with E-state index in [2.05, 4.69) is 59.2 Å². The molecule has 1 saturated heterocycles. The Kier molecular flexibility index (Phi) is 5.07. The Labute approximate surface area is 143 Å². The third kappa shape index (κ3) is 3.89. The van der Waals surface area contributed by atoms with Crippen molar-refractivity contribution >= 4 is 22.9 Å². The predicted molar refractivity (Wildman–Crippen MR) is 98.2 cm³/mol. The van der Waals surface area contributed by atoms with Crippen molar-refractivity contribution in [3.05, 3.63) is 23.8 Å². The summed E-state index contributed by atoms with van der Waals surface area (Å²) in [6.07, 6.45) is 2.83. The summed E-state index contributed by atoms with van der Waals surface area (Å²) in [6.45, 7) is 8.99. The smallest absolute Gasteiger partial charge is 0.223 e. The number of hydrogen-bond acceptors (Lipinski definition) is 3. The van der Waals surface area contributed by atoms with Crippen molar-refractivity contribution in [2.45, 2.75) is 40.0 Å². The first-order valence-corrected chi connectivity index (χ1v) is 9.02. The van der Waals surface area contributed by atoms with Gasteiger partial charge in [0.05, 0.1) is 11.0 Å². The molecule has 0 unspecified atom stereocenters. The fraction of sp³-hybridized carbons (Fsp3) is 0.579. The van der Waals surface area contributed by atoms with Crippen LogP contribution in [0.25, 0.3) is 11.0 Å². The molecule has 1 aliphatic heterocycles. The van der Waals surface area contributed by atoms with E-state index in [4.69, 9.17) is 0 Å². The molecular weight excluding hydrogens is 300 g/mol. The van der Waals surface area contributed by atoms with Gasteiger partial charge >= 0.3 is 0 Å². The summed E-state index contributed by atoms with van der Waals surface area (Å²) in [5.41, 5.74) is 3.32. The van der Waals surface area contributed by atoms with E-state index in [1.807, 2.05) is 0 Å². The maximum Gasteiger partial charge on any atom is 0.223 e. The van der Waals surface area contributed by atoms with Crippen molar-refractivity contribution in [1.82, 2.24) is 15.3 Å². The van der Waals surface area contributed by atoms with Crippen LogP contribution in [0.5, 0.6) is 0 Å². The number of carbonyl (C=O) groups excluding carboxylic acids is 1. The van der Waals surface area contributed by atoms with Gasteiger partial charge in [-0.1, -0.05) is 19.9 Å². The number of aromatic nitrogens is 2. The number of aromatic amines is 1. The molecule has 5 nitrogen and oxygen atoms in total. The van der Waals surface area contributed by atoms with Gasteiger partial charge in [-0.05, 0) is 49.8 Å². The van der Waals surface area contributed by atoms with E-state index >= 15 is 0 Å². The average Bonchev–Trinajstić information content (AvgIpc) is 2.97. The molecule has 5 heteroatoms. The minimum atomic E-state index is 0.139. The number of amides is 1. The Morgan fingerprint density at radius 2 is 2.12 bits per heavy atom. The average molecular weight is 328 g/mol. The third-order valence-electron chi connectivity index (χ3n) is 4.81. The second-order valence-electron chi connectivity index (χ2n) is 7.32. The van der Waals surface area contributed by atoms with Crippen LogP contribution in [0.4, 0.5) is 5.95 Å². The molecule has 2 heterocycles. The Morgan fingerprint density at radius 1 is 1.38 bits per heavy atom. The van der Waals surface area contributed by atoms with Gasteiger partial charge in [-0.2, -0.15) is 0 Å². The minimum absolute atomic E-state index is 0.139. The van der Waals surface area contributed by atoms with Crippen molar-refractivity contribution in [1.29, 1.82) is 0 Å². The van der Waals surface area contributed by atoms with Gasteiger partial charge < -0.3 is 15.2 Å². The van der Waals surface area contributed by atoms with Gasteiger partial charge in [0.1, 0.15) is 0 Å². The van der Waals surface area contributed by atoms with E-state index in [0.717, 1.165) is 55.9 Å². The number of rotatable bonds is 5. The molecule has 1 fully saturated rings. The zero-order valence-corrected chi connectivity index (χ0v) is 14.9. The lowest BCUT2D eigenvalue weighted by atomic mass is 9.96. The molecule has 0 spiro atoms. The lowest BCUT2D eigenvalue weighted by Gasteiger charge is -2.31. The van der Waals surface area contributed by atoms with Gasteiger partial charge in [0.25, 0.3) is 0 Å². The largest absolute Gasteiger partial charge is 0.356 e. The number of aryl methyl sites for hydroxylation is 1. The highest BCUT2D eigenvalue weighted by Crippen LogP contribution is 2.24. The van der Waals surface area contributed by atoms with Gasteiger partial charge in [-0.3, -0.25) is 4.79 Å².